The zero-order chi connectivity index (χ0) is 11.3. The van der Waals surface area contributed by atoms with Crippen LogP contribution in [0.3, 0.4) is 0 Å². The summed E-state index contributed by atoms with van der Waals surface area (Å²) in [5, 5.41) is 0. The Morgan fingerprint density at radius 3 is 2.47 bits per heavy atom. The number of ether oxygens (including phenoxy) is 1. The Bertz CT molecular complexity index is 227. The molecule has 0 aromatic heterocycles. The maximum Gasteiger partial charge on any atom is 0.333 e. The summed E-state index contributed by atoms with van der Waals surface area (Å²) in [5.74, 6) is 0.347. The predicted molar refractivity (Wildman–Crippen MR) is 61.6 cm³/mol. The minimum absolute atomic E-state index is 0.106. The van der Waals surface area contributed by atoms with E-state index >= 15 is 0 Å². The van der Waals surface area contributed by atoms with Crippen LogP contribution in [0.15, 0.2) is 12.2 Å². The molecule has 15 heavy (non-hydrogen) atoms. The van der Waals surface area contributed by atoms with Crippen molar-refractivity contribution in [1.29, 1.82) is 0 Å². The molecule has 0 spiro atoms. The number of carbonyl (C=O) groups is 1. The van der Waals surface area contributed by atoms with E-state index in [-0.39, 0.29) is 12.1 Å². The summed E-state index contributed by atoms with van der Waals surface area (Å²) in [4.78, 5) is 11.4. The van der Waals surface area contributed by atoms with Gasteiger partial charge in [-0.25, -0.2) is 4.79 Å². The van der Waals surface area contributed by atoms with E-state index in [0.717, 1.165) is 6.42 Å². The normalized spacial score (nSPS) is 19.6. The Labute approximate surface area is 92.7 Å². The maximum atomic E-state index is 11.4. The van der Waals surface area contributed by atoms with Crippen molar-refractivity contribution in [2.24, 2.45) is 5.92 Å². The van der Waals surface area contributed by atoms with Gasteiger partial charge in [-0.2, -0.15) is 0 Å². The minimum Gasteiger partial charge on any atom is -0.459 e. The molecule has 0 aliphatic heterocycles. The molecule has 1 aliphatic carbocycles. The van der Waals surface area contributed by atoms with Crippen LogP contribution in [-0.4, -0.2) is 12.1 Å². The molecule has 0 bridgehead atoms. The molecule has 0 N–H and O–H groups in total. The standard InChI is InChI=1S/C13H22O2/c1-4-12(15-13(14)10(2)3)11-8-6-5-7-9-11/h11-12H,2,4-9H2,1,3H3. The van der Waals surface area contributed by atoms with Crippen LogP contribution in [0.25, 0.3) is 0 Å². The van der Waals surface area contributed by atoms with Gasteiger partial charge in [-0.1, -0.05) is 32.8 Å². The average molecular weight is 210 g/mol. The van der Waals surface area contributed by atoms with E-state index in [4.69, 9.17) is 4.74 Å². The third kappa shape index (κ3) is 3.69. The van der Waals surface area contributed by atoms with Crippen molar-refractivity contribution in [2.45, 2.75) is 58.5 Å². The first-order chi connectivity index (χ1) is 7.15. The number of hydrogen-bond donors (Lipinski definition) is 0. The van der Waals surface area contributed by atoms with Crippen molar-refractivity contribution in [2.75, 3.05) is 0 Å². The molecule has 1 aliphatic rings. The SMILES string of the molecule is C=C(C)C(=O)OC(CC)C1CCCCC1. The van der Waals surface area contributed by atoms with Gasteiger partial charge in [0.15, 0.2) is 0 Å². The van der Waals surface area contributed by atoms with Gasteiger partial charge in [0.2, 0.25) is 0 Å². The average Bonchev–Trinajstić information content (AvgIpc) is 2.26. The fraction of sp³-hybridized carbons (Fsp3) is 0.769. The van der Waals surface area contributed by atoms with Crippen LogP contribution in [0.4, 0.5) is 0 Å². The summed E-state index contributed by atoms with van der Waals surface area (Å²) in [6, 6.07) is 0. The molecule has 1 saturated carbocycles. The predicted octanol–water partition coefficient (Wildman–Crippen LogP) is 3.46. The monoisotopic (exact) mass is 210 g/mol. The van der Waals surface area contributed by atoms with Crippen LogP contribution in [-0.2, 0) is 9.53 Å². The van der Waals surface area contributed by atoms with Crippen molar-refractivity contribution >= 4 is 5.97 Å². The maximum absolute atomic E-state index is 11.4. The van der Waals surface area contributed by atoms with E-state index in [1.165, 1.54) is 32.1 Å². The van der Waals surface area contributed by atoms with Gasteiger partial charge >= 0.3 is 5.97 Å². The van der Waals surface area contributed by atoms with E-state index in [9.17, 15) is 4.79 Å². The molecule has 2 nitrogen and oxygen atoms in total. The second-order valence-electron chi connectivity index (χ2n) is 4.53. The lowest BCUT2D eigenvalue weighted by Gasteiger charge is -2.29. The lowest BCUT2D eigenvalue weighted by atomic mass is 9.84. The Morgan fingerprint density at radius 2 is 2.00 bits per heavy atom. The van der Waals surface area contributed by atoms with E-state index in [1.807, 2.05) is 0 Å². The van der Waals surface area contributed by atoms with Crippen molar-refractivity contribution < 1.29 is 9.53 Å². The molecule has 0 aromatic carbocycles. The van der Waals surface area contributed by atoms with Crippen molar-refractivity contribution in [1.82, 2.24) is 0 Å². The van der Waals surface area contributed by atoms with E-state index < -0.39 is 0 Å². The highest BCUT2D eigenvalue weighted by molar-refractivity contribution is 5.87. The summed E-state index contributed by atoms with van der Waals surface area (Å²) in [5.41, 5.74) is 0.504. The van der Waals surface area contributed by atoms with Crippen molar-refractivity contribution in [3.05, 3.63) is 12.2 Å². The molecule has 0 radical (unpaired) electrons. The first-order valence-corrected chi connectivity index (χ1v) is 6.01. The largest absolute Gasteiger partial charge is 0.459 e. The minimum atomic E-state index is -0.229. The molecule has 1 fully saturated rings. The number of hydrogen-bond acceptors (Lipinski definition) is 2. The third-order valence-electron chi connectivity index (χ3n) is 3.18. The van der Waals surface area contributed by atoms with E-state index in [1.54, 1.807) is 6.92 Å². The van der Waals surface area contributed by atoms with Gasteiger partial charge in [0.05, 0.1) is 0 Å². The van der Waals surface area contributed by atoms with Gasteiger partial charge in [-0.05, 0) is 32.1 Å². The molecule has 1 atom stereocenters. The van der Waals surface area contributed by atoms with Crippen LogP contribution in [0.2, 0.25) is 0 Å². The highest BCUT2D eigenvalue weighted by Crippen LogP contribution is 2.29. The van der Waals surface area contributed by atoms with Crippen LogP contribution in [0, 0.1) is 5.92 Å². The molecule has 0 amide bonds. The molecule has 0 heterocycles. The number of rotatable bonds is 4. The summed E-state index contributed by atoms with van der Waals surface area (Å²) in [7, 11) is 0. The van der Waals surface area contributed by atoms with Crippen LogP contribution in [0.5, 0.6) is 0 Å². The molecule has 1 unspecified atom stereocenters. The zero-order valence-electron chi connectivity index (χ0n) is 9.92. The highest BCUT2D eigenvalue weighted by atomic mass is 16.5. The zero-order valence-corrected chi connectivity index (χ0v) is 9.92. The second-order valence-corrected chi connectivity index (χ2v) is 4.53. The first-order valence-electron chi connectivity index (χ1n) is 6.01. The number of carbonyl (C=O) groups excluding carboxylic acids is 1. The Morgan fingerprint density at radius 1 is 1.40 bits per heavy atom. The highest BCUT2D eigenvalue weighted by Gasteiger charge is 2.25. The van der Waals surface area contributed by atoms with Crippen LogP contribution >= 0.6 is 0 Å². The summed E-state index contributed by atoms with van der Waals surface area (Å²) >= 11 is 0. The second kappa shape index (κ2) is 5.94. The van der Waals surface area contributed by atoms with E-state index in [2.05, 4.69) is 13.5 Å². The van der Waals surface area contributed by atoms with Crippen molar-refractivity contribution in [3.8, 4) is 0 Å². The van der Waals surface area contributed by atoms with Crippen LogP contribution < -0.4 is 0 Å². The Kier molecular flexibility index (Phi) is 4.86. The Balaban J connectivity index is 2.46. The lowest BCUT2D eigenvalue weighted by molar-refractivity contribution is -0.147. The first kappa shape index (κ1) is 12.3. The molecular formula is C13H22O2. The molecule has 0 saturated heterocycles. The van der Waals surface area contributed by atoms with Crippen LogP contribution in [0.1, 0.15) is 52.4 Å². The van der Waals surface area contributed by atoms with Gasteiger partial charge in [-0.15, -0.1) is 0 Å². The van der Waals surface area contributed by atoms with Gasteiger partial charge in [-0.3, -0.25) is 0 Å². The Hall–Kier alpha value is -0.790. The molecule has 2 heteroatoms. The van der Waals surface area contributed by atoms with Gasteiger partial charge in [0.1, 0.15) is 6.10 Å². The third-order valence-corrected chi connectivity index (χ3v) is 3.18. The van der Waals surface area contributed by atoms with Gasteiger partial charge < -0.3 is 4.74 Å². The lowest BCUT2D eigenvalue weighted by Crippen LogP contribution is -2.28. The molecule has 1 rings (SSSR count). The van der Waals surface area contributed by atoms with Crippen molar-refractivity contribution in [3.63, 3.8) is 0 Å². The molecular weight excluding hydrogens is 188 g/mol. The molecule has 0 aromatic rings. The smallest absolute Gasteiger partial charge is 0.333 e. The summed E-state index contributed by atoms with van der Waals surface area (Å²) in [6.45, 7) is 7.41. The van der Waals surface area contributed by atoms with Gasteiger partial charge in [0, 0.05) is 5.57 Å². The topological polar surface area (TPSA) is 26.3 Å². The quantitative estimate of drug-likeness (QED) is 0.524. The number of esters is 1. The summed E-state index contributed by atoms with van der Waals surface area (Å²) in [6.07, 6.45) is 7.35. The fourth-order valence-corrected chi connectivity index (χ4v) is 2.26. The van der Waals surface area contributed by atoms with E-state index in [0.29, 0.717) is 11.5 Å². The summed E-state index contributed by atoms with van der Waals surface area (Å²) < 4.78 is 5.46. The van der Waals surface area contributed by atoms with Gasteiger partial charge in [0.25, 0.3) is 0 Å². The molecule has 86 valence electrons. The fourth-order valence-electron chi connectivity index (χ4n) is 2.26.